The number of imidazole rings is 1. The number of benzene rings is 1. The molecule has 0 unspecified atom stereocenters. The van der Waals surface area contributed by atoms with Gasteiger partial charge < -0.3 is 14.8 Å². The molecule has 4 aromatic rings. The maximum Gasteiger partial charge on any atom is 0.231 e. The molecule has 8 heteroatoms. The maximum atomic E-state index is 5.41. The number of aromatic nitrogens is 5. The zero-order chi connectivity index (χ0) is 17.3. The topological polar surface area (TPSA) is 86.5 Å². The highest BCUT2D eigenvalue weighted by Gasteiger charge is 2.13. The van der Waals surface area contributed by atoms with E-state index < -0.39 is 0 Å². The van der Waals surface area contributed by atoms with Gasteiger partial charge in [-0.25, -0.2) is 19.5 Å². The molecular weight excluding hydrogens is 332 g/mol. The molecule has 0 atom stereocenters. The molecule has 0 spiro atoms. The van der Waals surface area contributed by atoms with Crippen LogP contribution >= 0.6 is 0 Å². The molecule has 0 saturated carbocycles. The van der Waals surface area contributed by atoms with Crippen LogP contribution in [0, 0.1) is 0 Å². The van der Waals surface area contributed by atoms with Gasteiger partial charge in [-0.2, -0.15) is 0 Å². The SMILES string of the molecule is c1ncc(-c2cnc3ccc(NCc4ccc5c(c4)OCO5)nn23)cn1. The summed E-state index contributed by atoms with van der Waals surface area (Å²) in [5.41, 5.74) is 3.55. The Labute approximate surface area is 148 Å². The van der Waals surface area contributed by atoms with Crippen LogP contribution in [-0.2, 0) is 6.54 Å². The van der Waals surface area contributed by atoms with Crippen LogP contribution in [0.3, 0.4) is 0 Å². The van der Waals surface area contributed by atoms with Crippen molar-refractivity contribution in [3.8, 4) is 22.8 Å². The summed E-state index contributed by atoms with van der Waals surface area (Å²) in [6, 6.07) is 9.71. The van der Waals surface area contributed by atoms with Crippen molar-refractivity contribution in [1.29, 1.82) is 0 Å². The van der Waals surface area contributed by atoms with E-state index in [2.05, 4.69) is 25.4 Å². The molecule has 5 rings (SSSR count). The minimum absolute atomic E-state index is 0.275. The number of anilines is 1. The molecule has 3 aromatic heterocycles. The monoisotopic (exact) mass is 346 g/mol. The van der Waals surface area contributed by atoms with Crippen LogP contribution in [0.25, 0.3) is 16.9 Å². The zero-order valence-electron chi connectivity index (χ0n) is 13.7. The zero-order valence-corrected chi connectivity index (χ0v) is 13.7. The summed E-state index contributed by atoms with van der Waals surface area (Å²) in [7, 11) is 0. The van der Waals surface area contributed by atoms with E-state index in [0.717, 1.165) is 39.8 Å². The lowest BCUT2D eigenvalue weighted by Crippen LogP contribution is -2.04. The minimum atomic E-state index is 0.275. The van der Waals surface area contributed by atoms with E-state index in [1.54, 1.807) is 23.1 Å². The highest BCUT2D eigenvalue weighted by atomic mass is 16.7. The average molecular weight is 346 g/mol. The second-order valence-electron chi connectivity index (χ2n) is 5.80. The second kappa shape index (κ2) is 5.99. The Bertz CT molecular complexity index is 1080. The van der Waals surface area contributed by atoms with Crippen LogP contribution in [-0.4, -0.2) is 31.4 Å². The molecule has 1 N–H and O–H groups in total. The van der Waals surface area contributed by atoms with Gasteiger partial charge in [0.25, 0.3) is 0 Å². The van der Waals surface area contributed by atoms with Gasteiger partial charge in [0.2, 0.25) is 6.79 Å². The van der Waals surface area contributed by atoms with E-state index in [-0.39, 0.29) is 6.79 Å². The van der Waals surface area contributed by atoms with Crippen molar-refractivity contribution in [2.75, 3.05) is 12.1 Å². The first-order valence-corrected chi connectivity index (χ1v) is 8.09. The lowest BCUT2D eigenvalue weighted by atomic mass is 10.2. The van der Waals surface area contributed by atoms with Crippen LogP contribution < -0.4 is 14.8 Å². The average Bonchev–Trinajstić information content (AvgIpc) is 3.33. The molecule has 128 valence electrons. The largest absolute Gasteiger partial charge is 0.454 e. The maximum absolute atomic E-state index is 5.41. The summed E-state index contributed by atoms with van der Waals surface area (Å²) in [6.45, 7) is 0.894. The second-order valence-corrected chi connectivity index (χ2v) is 5.80. The first-order valence-electron chi connectivity index (χ1n) is 8.09. The van der Waals surface area contributed by atoms with Crippen molar-refractivity contribution in [1.82, 2.24) is 24.6 Å². The smallest absolute Gasteiger partial charge is 0.231 e. The molecule has 0 saturated heterocycles. The normalized spacial score (nSPS) is 12.5. The van der Waals surface area contributed by atoms with Crippen molar-refractivity contribution in [3.05, 3.63) is 60.8 Å². The molecule has 26 heavy (non-hydrogen) atoms. The molecule has 0 bridgehead atoms. The Balaban J connectivity index is 1.41. The van der Waals surface area contributed by atoms with E-state index in [4.69, 9.17) is 9.47 Å². The summed E-state index contributed by atoms with van der Waals surface area (Å²) >= 11 is 0. The van der Waals surface area contributed by atoms with E-state index in [9.17, 15) is 0 Å². The van der Waals surface area contributed by atoms with Crippen molar-refractivity contribution in [2.45, 2.75) is 6.54 Å². The quantitative estimate of drug-likeness (QED) is 0.607. The Morgan fingerprint density at radius 1 is 1.00 bits per heavy atom. The summed E-state index contributed by atoms with van der Waals surface area (Å²) < 4.78 is 12.5. The Kier molecular flexibility index (Phi) is 3.38. The van der Waals surface area contributed by atoms with Crippen LogP contribution in [0.15, 0.2) is 55.2 Å². The van der Waals surface area contributed by atoms with E-state index in [0.29, 0.717) is 6.54 Å². The molecule has 0 amide bonds. The van der Waals surface area contributed by atoms with Crippen molar-refractivity contribution in [3.63, 3.8) is 0 Å². The third-order valence-electron chi connectivity index (χ3n) is 4.13. The van der Waals surface area contributed by atoms with Crippen molar-refractivity contribution >= 4 is 11.5 Å². The first kappa shape index (κ1) is 14.6. The predicted molar refractivity (Wildman–Crippen MR) is 93.9 cm³/mol. The number of hydrogen-bond donors (Lipinski definition) is 1. The number of hydrogen-bond acceptors (Lipinski definition) is 7. The number of fused-ring (bicyclic) bond motifs is 2. The van der Waals surface area contributed by atoms with Crippen LogP contribution in [0.1, 0.15) is 5.56 Å². The minimum Gasteiger partial charge on any atom is -0.454 e. The Hall–Kier alpha value is -3.68. The number of rotatable bonds is 4. The third kappa shape index (κ3) is 2.57. The molecule has 0 fully saturated rings. The highest BCUT2D eigenvalue weighted by molar-refractivity contribution is 5.62. The summed E-state index contributed by atoms with van der Waals surface area (Å²) in [5.74, 6) is 2.29. The summed E-state index contributed by atoms with van der Waals surface area (Å²) in [6.07, 6.45) is 6.75. The third-order valence-corrected chi connectivity index (χ3v) is 4.13. The van der Waals surface area contributed by atoms with Crippen molar-refractivity contribution < 1.29 is 9.47 Å². The first-order chi connectivity index (χ1) is 12.9. The van der Waals surface area contributed by atoms with Crippen LogP contribution in [0.2, 0.25) is 0 Å². The molecule has 0 radical (unpaired) electrons. The molecule has 4 heterocycles. The van der Waals surface area contributed by atoms with Gasteiger partial charge in [-0.15, -0.1) is 5.10 Å². The molecular formula is C18H14N6O2. The Morgan fingerprint density at radius 2 is 1.88 bits per heavy atom. The van der Waals surface area contributed by atoms with Crippen molar-refractivity contribution in [2.24, 2.45) is 0 Å². The molecule has 0 aliphatic carbocycles. The van der Waals surface area contributed by atoms with Gasteiger partial charge in [-0.05, 0) is 29.8 Å². The number of ether oxygens (including phenoxy) is 2. The van der Waals surface area contributed by atoms with E-state index in [1.165, 1.54) is 6.33 Å². The van der Waals surface area contributed by atoms with Gasteiger partial charge in [-0.3, -0.25) is 0 Å². The molecule has 1 aliphatic heterocycles. The predicted octanol–water partition coefficient (Wildman–Crippen LogP) is 2.53. The lowest BCUT2D eigenvalue weighted by Gasteiger charge is -2.08. The fourth-order valence-electron chi connectivity index (χ4n) is 2.84. The van der Waals surface area contributed by atoms with Gasteiger partial charge in [-0.1, -0.05) is 6.07 Å². The summed E-state index contributed by atoms with van der Waals surface area (Å²) in [4.78, 5) is 12.5. The number of nitrogens with one attached hydrogen (secondary N) is 1. The number of nitrogens with zero attached hydrogens (tertiary/aromatic N) is 5. The van der Waals surface area contributed by atoms with Crippen LogP contribution in [0.5, 0.6) is 11.5 Å². The Morgan fingerprint density at radius 3 is 2.81 bits per heavy atom. The van der Waals surface area contributed by atoms with Gasteiger partial charge in [0.1, 0.15) is 12.1 Å². The summed E-state index contributed by atoms with van der Waals surface area (Å²) in [5, 5.41) is 7.96. The van der Waals surface area contributed by atoms with E-state index in [1.807, 2.05) is 30.3 Å². The van der Waals surface area contributed by atoms with Gasteiger partial charge in [0, 0.05) is 24.5 Å². The molecule has 1 aromatic carbocycles. The van der Waals surface area contributed by atoms with E-state index >= 15 is 0 Å². The van der Waals surface area contributed by atoms with Gasteiger partial charge >= 0.3 is 0 Å². The fourth-order valence-corrected chi connectivity index (χ4v) is 2.84. The highest BCUT2D eigenvalue weighted by Crippen LogP contribution is 2.32. The van der Waals surface area contributed by atoms with Crippen LogP contribution in [0.4, 0.5) is 5.82 Å². The van der Waals surface area contributed by atoms with Gasteiger partial charge in [0.05, 0.1) is 11.9 Å². The fraction of sp³-hybridized carbons (Fsp3) is 0.111. The van der Waals surface area contributed by atoms with Gasteiger partial charge in [0.15, 0.2) is 17.1 Å². The standard InChI is InChI=1S/C18H14N6O2/c1-2-15-16(26-11-25-15)5-12(1)6-21-17-3-4-18-22-9-14(24(18)23-17)13-7-19-10-20-8-13/h1-5,7-10H,6,11H2,(H,21,23). The molecule has 1 aliphatic rings. The lowest BCUT2D eigenvalue weighted by molar-refractivity contribution is 0.174. The molecule has 8 nitrogen and oxygen atoms in total.